The highest BCUT2D eigenvalue weighted by Crippen LogP contribution is 2.18. The predicted octanol–water partition coefficient (Wildman–Crippen LogP) is 3.81. The quantitative estimate of drug-likeness (QED) is 0.638. The van der Waals surface area contributed by atoms with Gasteiger partial charge in [0.2, 0.25) is 0 Å². The molecule has 0 spiro atoms. The zero-order valence-electron chi connectivity index (χ0n) is 17.5. The highest BCUT2D eigenvalue weighted by atomic mass is 32.1. The number of thiocarbonyl (C=S) groups is 1. The van der Waals surface area contributed by atoms with Crippen molar-refractivity contribution in [3.63, 3.8) is 0 Å². The lowest BCUT2D eigenvalue weighted by Gasteiger charge is -2.28. The molecule has 3 rings (SSSR count). The van der Waals surface area contributed by atoms with E-state index in [1.807, 2.05) is 50.2 Å². The van der Waals surface area contributed by atoms with Gasteiger partial charge < -0.3 is 16.0 Å². The number of amidine groups is 1. The molecule has 0 saturated carbocycles. The Bertz CT molecular complexity index is 901. The topological polar surface area (TPSA) is 60.8 Å². The summed E-state index contributed by atoms with van der Waals surface area (Å²) in [5, 5.41) is 10.1. The Morgan fingerprint density at radius 2 is 1.62 bits per heavy atom. The first-order chi connectivity index (χ1) is 13.8. The van der Waals surface area contributed by atoms with Crippen LogP contribution in [0.3, 0.4) is 0 Å². The Kier molecular flexibility index (Phi) is 6.33. The van der Waals surface area contributed by atoms with E-state index in [4.69, 9.17) is 22.2 Å². The van der Waals surface area contributed by atoms with Gasteiger partial charge in [-0.15, -0.1) is 0 Å². The molecule has 152 valence electrons. The van der Waals surface area contributed by atoms with Crippen LogP contribution in [0.2, 0.25) is 0 Å². The maximum atomic E-state index is 5.64. The van der Waals surface area contributed by atoms with Crippen molar-refractivity contribution in [2.75, 3.05) is 0 Å². The first kappa shape index (κ1) is 21.0. The van der Waals surface area contributed by atoms with E-state index >= 15 is 0 Å². The van der Waals surface area contributed by atoms with Gasteiger partial charge in [0.25, 0.3) is 0 Å². The summed E-state index contributed by atoms with van der Waals surface area (Å²) in [5.41, 5.74) is 1.50. The summed E-state index contributed by atoms with van der Waals surface area (Å²) in [6.45, 7) is 9.51. The fourth-order valence-corrected chi connectivity index (χ4v) is 3.15. The molecule has 1 aliphatic rings. The molecule has 0 bridgehead atoms. The van der Waals surface area contributed by atoms with Crippen LogP contribution in [0.15, 0.2) is 70.6 Å². The molecule has 3 N–H and O–H groups in total. The smallest absolute Gasteiger partial charge is 0.198 e. The van der Waals surface area contributed by atoms with Crippen LogP contribution in [0.1, 0.15) is 38.8 Å². The molecular weight excluding hydrogens is 378 g/mol. The van der Waals surface area contributed by atoms with E-state index in [-0.39, 0.29) is 0 Å². The van der Waals surface area contributed by atoms with Gasteiger partial charge >= 0.3 is 0 Å². The maximum Gasteiger partial charge on any atom is 0.198 e. The highest BCUT2D eigenvalue weighted by Gasteiger charge is 2.35. The van der Waals surface area contributed by atoms with E-state index in [0.717, 1.165) is 10.8 Å². The summed E-state index contributed by atoms with van der Waals surface area (Å²) >= 11 is 5.64. The van der Waals surface area contributed by atoms with Gasteiger partial charge in [-0.1, -0.05) is 72.9 Å². The number of rotatable bonds is 6. The van der Waals surface area contributed by atoms with Gasteiger partial charge in [0.1, 0.15) is 16.4 Å². The monoisotopic (exact) mass is 407 g/mol. The van der Waals surface area contributed by atoms with E-state index in [1.165, 1.54) is 11.1 Å². The van der Waals surface area contributed by atoms with Crippen LogP contribution in [0.4, 0.5) is 0 Å². The minimum absolute atomic E-state index is 0.410. The molecule has 0 unspecified atom stereocenters. The SMILES string of the molecule is CC1(C)N=C(NC(C)(C)C(=S)NCc2ccccc2)NC1=NCc1ccccc1. The van der Waals surface area contributed by atoms with Gasteiger partial charge in [0, 0.05) is 6.54 Å². The molecule has 0 aromatic heterocycles. The molecule has 5 nitrogen and oxygen atoms in total. The maximum absolute atomic E-state index is 5.64. The Morgan fingerprint density at radius 3 is 2.24 bits per heavy atom. The van der Waals surface area contributed by atoms with Crippen molar-refractivity contribution < 1.29 is 0 Å². The lowest BCUT2D eigenvalue weighted by atomic mass is 10.1. The van der Waals surface area contributed by atoms with Gasteiger partial charge in [-0.05, 0) is 38.8 Å². The predicted molar refractivity (Wildman–Crippen MR) is 125 cm³/mol. The third-order valence-corrected chi connectivity index (χ3v) is 5.42. The van der Waals surface area contributed by atoms with Crippen molar-refractivity contribution >= 4 is 29.0 Å². The second-order valence-electron chi connectivity index (χ2n) is 8.21. The Hall–Kier alpha value is -2.73. The van der Waals surface area contributed by atoms with Crippen LogP contribution >= 0.6 is 12.2 Å². The second-order valence-corrected chi connectivity index (χ2v) is 8.62. The van der Waals surface area contributed by atoms with E-state index in [0.29, 0.717) is 19.0 Å². The zero-order chi connectivity index (χ0) is 20.9. The number of guanidine groups is 1. The summed E-state index contributed by atoms with van der Waals surface area (Å²) in [4.78, 5) is 10.3. The molecule has 2 aromatic rings. The van der Waals surface area contributed by atoms with Gasteiger partial charge in [0.15, 0.2) is 5.96 Å². The molecule has 0 amide bonds. The number of aliphatic imine (C=N–C) groups is 2. The average Bonchev–Trinajstić information content (AvgIpc) is 2.98. The lowest BCUT2D eigenvalue weighted by molar-refractivity contribution is 0.592. The van der Waals surface area contributed by atoms with Gasteiger partial charge in [-0.2, -0.15) is 0 Å². The van der Waals surface area contributed by atoms with Crippen LogP contribution in [0.25, 0.3) is 0 Å². The number of hydrogen-bond acceptors (Lipinski definition) is 4. The summed E-state index contributed by atoms with van der Waals surface area (Å²) < 4.78 is 0. The fraction of sp³-hybridized carbons (Fsp3) is 0.348. The first-order valence-electron chi connectivity index (χ1n) is 9.82. The first-order valence-corrected chi connectivity index (χ1v) is 10.2. The minimum Gasteiger partial charge on any atom is -0.374 e. The fourth-order valence-electron chi connectivity index (χ4n) is 3.02. The lowest BCUT2D eigenvalue weighted by Crippen LogP contribution is -2.56. The largest absolute Gasteiger partial charge is 0.374 e. The molecule has 0 aliphatic carbocycles. The van der Waals surface area contributed by atoms with Crippen LogP contribution < -0.4 is 16.0 Å². The summed E-state index contributed by atoms with van der Waals surface area (Å²) in [6, 6.07) is 20.4. The van der Waals surface area contributed by atoms with Crippen molar-refractivity contribution in [3.8, 4) is 0 Å². The molecule has 0 saturated heterocycles. The van der Waals surface area contributed by atoms with Crippen molar-refractivity contribution in [1.82, 2.24) is 16.0 Å². The second kappa shape index (κ2) is 8.74. The third kappa shape index (κ3) is 5.64. The van der Waals surface area contributed by atoms with Crippen LogP contribution in [-0.2, 0) is 13.1 Å². The zero-order valence-corrected chi connectivity index (χ0v) is 18.3. The summed E-state index contributed by atoms with van der Waals surface area (Å²) in [6.07, 6.45) is 0. The Balaban J connectivity index is 1.60. The minimum atomic E-state index is -0.457. The van der Waals surface area contributed by atoms with E-state index < -0.39 is 11.1 Å². The summed E-state index contributed by atoms with van der Waals surface area (Å²) in [5.74, 6) is 1.54. The highest BCUT2D eigenvalue weighted by molar-refractivity contribution is 7.80. The molecule has 0 atom stereocenters. The van der Waals surface area contributed by atoms with Gasteiger partial charge in [-0.25, -0.2) is 4.99 Å². The number of benzene rings is 2. The van der Waals surface area contributed by atoms with Crippen molar-refractivity contribution in [1.29, 1.82) is 0 Å². The third-order valence-electron chi connectivity index (χ3n) is 4.76. The molecule has 6 heteroatoms. The van der Waals surface area contributed by atoms with Gasteiger partial charge in [0.05, 0.1) is 12.1 Å². The van der Waals surface area contributed by atoms with Crippen molar-refractivity contribution in [2.45, 2.75) is 51.9 Å². The Labute approximate surface area is 178 Å². The van der Waals surface area contributed by atoms with E-state index in [2.05, 4.69) is 54.1 Å². The number of nitrogens with zero attached hydrogens (tertiary/aromatic N) is 2. The molecule has 1 heterocycles. The van der Waals surface area contributed by atoms with Crippen LogP contribution in [-0.4, -0.2) is 27.9 Å². The normalized spacial score (nSPS) is 16.8. The average molecular weight is 408 g/mol. The van der Waals surface area contributed by atoms with Crippen LogP contribution in [0.5, 0.6) is 0 Å². The molecule has 2 aromatic carbocycles. The van der Waals surface area contributed by atoms with Crippen molar-refractivity contribution in [3.05, 3.63) is 71.8 Å². The van der Waals surface area contributed by atoms with Gasteiger partial charge in [-0.3, -0.25) is 4.99 Å². The van der Waals surface area contributed by atoms with Crippen molar-refractivity contribution in [2.24, 2.45) is 9.98 Å². The molecular formula is C23H29N5S. The standard InChI is InChI=1S/C23H29N5S/c1-22(2)19(24-15-17-11-7-5-8-12-17)26-21(27-22)28-23(3,4)20(29)25-16-18-13-9-6-10-14-18/h5-14H,15-16H2,1-4H3,(H,25,29)(H2,24,26,27,28). The molecule has 1 aliphatic heterocycles. The van der Waals surface area contributed by atoms with E-state index in [1.54, 1.807) is 0 Å². The molecule has 0 fully saturated rings. The number of hydrogen-bond donors (Lipinski definition) is 3. The number of nitrogens with one attached hydrogen (secondary N) is 3. The van der Waals surface area contributed by atoms with Crippen LogP contribution in [0, 0.1) is 0 Å². The Morgan fingerprint density at radius 1 is 1.03 bits per heavy atom. The molecule has 0 radical (unpaired) electrons. The molecule has 29 heavy (non-hydrogen) atoms. The summed E-state index contributed by atoms with van der Waals surface area (Å²) in [7, 11) is 0. The van der Waals surface area contributed by atoms with E-state index in [9.17, 15) is 0 Å².